The van der Waals surface area contributed by atoms with Crippen LogP contribution in [-0.4, -0.2) is 6.10 Å². The summed E-state index contributed by atoms with van der Waals surface area (Å²) >= 11 is 0. The van der Waals surface area contributed by atoms with Gasteiger partial charge in [-0.15, -0.1) is 0 Å². The van der Waals surface area contributed by atoms with Gasteiger partial charge in [0, 0.05) is 0 Å². The smallest absolute Gasteiger partial charge is 0.0978 e. The number of unbranched alkanes of at least 4 members (excludes halogenated alkanes) is 2. The van der Waals surface area contributed by atoms with E-state index in [2.05, 4.69) is 20.4 Å². The van der Waals surface area contributed by atoms with Crippen LogP contribution in [0.2, 0.25) is 0 Å². The molecule has 0 aromatic heterocycles. The van der Waals surface area contributed by atoms with Gasteiger partial charge in [-0.1, -0.05) is 46.1 Å². The molecule has 1 heteroatoms. The fourth-order valence-electron chi connectivity index (χ4n) is 1.28. The molecule has 0 aromatic rings. The van der Waals surface area contributed by atoms with Crippen molar-refractivity contribution in [3.8, 4) is 0 Å². The van der Waals surface area contributed by atoms with E-state index in [1.165, 1.54) is 38.5 Å². The van der Waals surface area contributed by atoms with Gasteiger partial charge in [-0.05, 0) is 12.8 Å². The van der Waals surface area contributed by atoms with Crippen molar-refractivity contribution >= 4 is 0 Å². The van der Waals surface area contributed by atoms with Gasteiger partial charge in [-0.3, -0.25) is 0 Å². The zero-order valence-electron chi connectivity index (χ0n) is 8.51. The van der Waals surface area contributed by atoms with Crippen molar-refractivity contribution in [2.75, 3.05) is 0 Å². The first kappa shape index (κ1) is 11.5. The van der Waals surface area contributed by atoms with Crippen LogP contribution in [-0.2, 0) is 4.74 Å². The molecule has 0 saturated carbocycles. The summed E-state index contributed by atoms with van der Waals surface area (Å²) in [7, 11) is 0. The van der Waals surface area contributed by atoms with Gasteiger partial charge in [0.2, 0.25) is 0 Å². The maximum atomic E-state index is 5.41. The molecule has 0 amide bonds. The monoisotopic (exact) mass is 170 g/mol. The SMILES string of the molecule is C=COC(CCCC)CCCC. The average Bonchev–Trinajstić information content (AvgIpc) is 2.10. The van der Waals surface area contributed by atoms with Crippen LogP contribution in [0.3, 0.4) is 0 Å². The number of rotatable bonds is 8. The predicted octanol–water partition coefficient (Wildman–Crippen LogP) is 3.90. The minimum absolute atomic E-state index is 0.419. The molecule has 0 saturated heterocycles. The molecule has 0 aliphatic carbocycles. The summed E-state index contributed by atoms with van der Waals surface area (Å²) < 4.78 is 5.41. The summed E-state index contributed by atoms with van der Waals surface area (Å²) in [5.74, 6) is 0. The van der Waals surface area contributed by atoms with Crippen molar-refractivity contribution in [3.63, 3.8) is 0 Å². The Labute approximate surface area is 76.8 Å². The molecule has 0 aliphatic heterocycles. The van der Waals surface area contributed by atoms with E-state index in [-0.39, 0.29) is 0 Å². The van der Waals surface area contributed by atoms with Crippen LogP contribution < -0.4 is 0 Å². The highest BCUT2D eigenvalue weighted by molar-refractivity contribution is 4.62. The third kappa shape index (κ3) is 6.26. The van der Waals surface area contributed by atoms with Crippen LogP contribution in [0.1, 0.15) is 52.4 Å². The van der Waals surface area contributed by atoms with Crippen LogP contribution in [0.5, 0.6) is 0 Å². The van der Waals surface area contributed by atoms with Gasteiger partial charge >= 0.3 is 0 Å². The maximum absolute atomic E-state index is 5.41. The molecule has 1 nitrogen and oxygen atoms in total. The molecule has 0 radical (unpaired) electrons. The molecule has 0 bridgehead atoms. The van der Waals surface area contributed by atoms with E-state index in [4.69, 9.17) is 4.74 Å². The highest BCUT2D eigenvalue weighted by atomic mass is 16.5. The molecule has 0 aromatic carbocycles. The van der Waals surface area contributed by atoms with Crippen LogP contribution in [0.15, 0.2) is 12.8 Å². The minimum Gasteiger partial charge on any atom is -0.499 e. The van der Waals surface area contributed by atoms with E-state index < -0.39 is 0 Å². The molecule has 0 spiro atoms. The Hall–Kier alpha value is -0.460. The second kappa shape index (κ2) is 8.63. The average molecular weight is 170 g/mol. The first-order valence-electron chi connectivity index (χ1n) is 5.11. The molecule has 72 valence electrons. The molecule has 0 fully saturated rings. The zero-order valence-corrected chi connectivity index (χ0v) is 8.51. The Morgan fingerprint density at radius 1 is 1.17 bits per heavy atom. The van der Waals surface area contributed by atoms with Crippen LogP contribution in [0.4, 0.5) is 0 Å². The fourth-order valence-corrected chi connectivity index (χ4v) is 1.28. The van der Waals surface area contributed by atoms with Gasteiger partial charge in [0.05, 0.1) is 12.4 Å². The van der Waals surface area contributed by atoms with Crippen molar-refractivity contribution in [3.05, 3.63) is 12.8 Å². The van der Waals surface area contributed by atoms with Gasteiger partial charge in [-0.2, -0.15) is 0 Å². The van der Waals surface area contributed by atoms with Crippen molar-refractivity contribution < 1.29 is 4.74 Å². The number of ether oxygens (including phenoxy) is 1. The third-order valence-electron chi connectivity index (χ3n) is 2.05. The third-order valence-corrected chi connectivity index (χ3v) is 2.05. The van der Waals surface area contributed by atoms with Gasteiger partial charge in [0.1, 0.15) is 0 Å². The van der Waals surface area contributed by atoms with Gasteiger partial charge in [0.15, 0.2) is 0 Å². The first-order chi connectivity index (χ1) is 5.85. The predicted molar refractivity (Wildman–Crippen MR) is 54.1 cm³/mol. The van der Waals surface area contributed by atoms with Gasteiger partial charge in [-0.25, -0.2) is 0 Å². The topological polar surface area (TPSA) is 9.23 Å². The molecule has 0 unspecified atom stereocenters. The van der Waals surface area contributed by atoms with Crippen LogP contribution in [0, 0.1) is 0 Å². The Kier molecular flexibility index (Phi) is 8.30. The lowest BCUT2D eigenvalue weighted by molar-refractivity contribution is 0.123. The number of hydrogen-bond acceptors (Lipinski definition) is 1. The molecule has 0 rings (SSSR count). The van der Waals surface area contributed by atoms with Crippen LogP contribution >= 0.6 is 0 Å². The normalized spacial score (nSPS) is 10.2. The summed E-state index contributed by atoms with van der Waals surface area (Å²) in [6.07, 6.45) is 9.40. The zero-order chi connectivity index (χ0) is 9.23. The van der Waals surface area contributed by atoms with Gasteiger partial charge in [0.25, 0.3) is 0 Å². The van der Waals surface area contributed by atoms with Gasteiger partial charge < -0.3 is 4.74 Å². The molecule has 0 atom stereocenters. The second-order valence-corrected chi connectivity index (χ2v) is 3.21. The Bertz CT molecular complexity index is 91.2. The molecular weight excluding hydrogens is 148 g/mol. The Balaban J connectivity index is 3.46. The highest BCUT2D eigenvalue weighted by Gasteiger charge is 2.05. The minimum atomic E-state index is 0.419. The van der Waals surface area contributed by atoms with E-state index in [0.29, 0.717) is 6.10 Å². The standard InChI is InChI=1S/C11H22O/c1-4-7-9-11(12-6-3)10-8-5-2/h6,11H,3-5,7-10H2,1-2H3. The first-order valence-corrected chi connectivity index (χ1v) is 5.11. The lowest BCUT2D eigenvalue weighted by Gasteiger charge is -2.15. The second-order valence-electron chi connectivity index (χ2n) is 3.21. The number of hydrogen-bond donors (Lipinski definition) is 0. The Morgan fingerprint density at radius 3 is 2.00 bits per heavy atom. The van der Waals surface area contributed by atoms with Crippen molar-refractivity contribution in [1.82, 2.24) is 0 Å². The lowest BCUT2D eigenvalue weighted by atomic mass is 10.1. The molecule has 12 heavy (non-hydrogen) atoms. The summed E-state index contributed by atoms with van der Waals surface area (Å²) in [5, 5.41) is 0. The maximum Gasteiger partial charge on any atom is 0.0978 e. The van der Waals surface area contributed by atoms with Crippen LogP contribution in [0.25, 0.3) is 0 Å². The van der Waals surface area contributed by atoms with E-state index in [1.807, 2.05) is 0 Å². The quantitative estimate of drug-likeness (QED) is 0.502. The van der Waals surface area contributed by atoms with E-state index in [0.717, 1.165) is 0 Å². The Morgan fingerprint density at radius 2 is 1.67 bits per heavy atom. The largest absolute Gasteiger partial charge is 0.499 e. The lowest BCUT2D eigenvalue weighted by Crippen LogP contribution is -2.09. The van der Waals surface area contributed by atoms with Crippen molar-refractivity contribution in [2.45, 2.75) is 58.5 Å². The summed E-state index contributed by atoms with van der Waals surface area (Å²) in [4.78, 5) is 0. The fraction of sp³-hybridized carbons (Fsp3) is 0.818. The van der Waals surface area contributed by atoms with E-state index in [1.54, 1.807) is 6.26 Å². The highest BCUT2D eigenvalue weighted by Crippen LogP contribution is 2.12. The molecule has 0 heterocycles. The molecule has 0 aliphatic rings. The molecule has 0 N–H and O–H groups in total. The summed E-state index contributed by atoms with van der Waals surface area (Å²) in [5.41, 5.74) is 0. The summed E-state index contributed by atoms with van der Waals surface area (Å²) in [6.45, 7) is 8.02. The molecular formula is C11H22O. The van der Waals surface area contributed by atoms with Crippen molar-refractivity contribution in [1.29, 1.82) is 0 Å². The van der Waals surface area contributed by atoms with Crippen molar-refractivity contribution in [2.24, 2.45) is 0 Å². The summed E-state index contributed by atoms with van der Waals surface area (Å²) in [6, 6.07) is 0. The van der Waals surface area contributed by atoms with E-state index in [9.17, 15) is 0 Å². The van der Waals surface area contributed by atoms with E-state index >= 15 is 0 Å².